The molecule has 2 aromatic rings. The first-order valence-corrected chi connectivity index (χ1v) is 8.28. The monoisotopic (exact) mass is 345 g/mol. The van der Waals surface area contributed by atoms with Gasteiger partial charge in [-0.2, -0.15) is 0 Å². The van der Waals surface area contributed by atoms with Gasteiger partial charge in [-0.25, -0.2) is 14.4 Å². The van der Waals surface area contributed by atoms with Gasteiger partial charge in [0.15, 0.2) is 0 Å². The van der Waals surface area contributed by atoms with Crippen LogP contribution in [0.1, 0.15) is 22.3 Å². The molecule has 134 valence electrons. The van der Waals surface area contributed by atoms with E-state index >= 15 is 0 Å². The minimum absolute atomic E-state index is 0.170. The average molecular weight is 345 g/mol. The molecule has 0 saturated carbocycles. The van der Waals surface area contributed by atoms with E-state index in [2.05, 4.69) is 25.5 Å². The molecule has 0 atom stereocenters. The number of hydrogen-bond acceptors (Lipinski definition) is 5. The van der Waals surface area contributed by atoms with E-state index < -0.39 is 0 Å². The highest BCUT2D eigenvalue weighted by molar-refractivity contribution is 5.93. The Morgan fingerprint density at radius 3 is 2.44 bits per heavy atom. The highest BCUT2D eigenvalue weighted by Crippen LogP contribution is 2.05. The fourth-order valence-electron chi connectivity index (χ4n) is 2.21. The maximum atomic E-state index is 12.8. The first-order chi connectivity index (χ1) is 12.0. The van der Waals surface area contributed by atoms with Crippen molar-refractivity contribution in [1.29, 1.82) is 0 Å². The molecule has 0 saturated heterocycles. The summed E-state index contributed by atoms with van der Waals surface area (Å²) in [4.78, 5) is 22.3. The predicted molar refractivity (Wildman–Crippen MR) is 96.1 cm³/mol. The van der Waals surface area contributed by atoms with E-state index in [1.807, 2.05) is 14.1 Å². The van der Waals surface area contributed by atoms with Crippen LogP contribution in [0.5, 0.6) is 0 Å². The third-order valence-corrected chi connectivity index (χ3v) is 3.59. The van der Waals surface area contributed by atoms with Crippen molar-refractivity contribution < 1.29 is 9.18 Å². The zero-order valence-corrected chi connectivity index (χ0v) is 14.6. The molecule has 25 heavy (non-hydrogen) atoms. The Balaban J connectivity index is 1.73. The van der Waals surface area contributed by atoms with Crippen LogP contribution in [0.25, 0.3) is 0 Å². The maximum absolute atomic E-state index is 12.8. The van der Waals surface area contributed by atoms with Crippen LogP contribution >= 0.6 is 0 Å². The lowest BCUT2D eigenvalue weighted by atomic mass is 10.1. The van der Waals surface area contributed by atoms with E-state index in [-0.39, 0.29) is 11.7 Å². The molecule has 1 heterocycles. The number of rotatable bonds is 9. The van der Waals surface area contributed by atoms with Gasteiger partial charge in [-0.3, -0.25) is 4.79 Å². The first kappa shape index (κ1) is 18.8. The summed E-state index contributed by atoms with van der Waals surface area (Å²) in [6.07, 6.45) is 4.64. The number of carbonyl (C=O) groups is 1. The van der Waals surface area contributed by atoms with Crippen molar-refractivity contribution in [3.63, 3.8) is 0 Å². The fraction of sp³-hybridized carbons (Fsp3) is 0.389. The summed E-state index contributed by atoms with van der Waals surface area (Å²) >= 11 is 0. The van der Waals surface area contributed by atoms with Gasteiger partial charge in [0.1, 0.15) is 5.82 Å². The summed E-state index contributed by atoms with van der Waals surface area (Å²) in [5.74, 6) is 0.0542. The van der Waals surface area contributed by atoms with Crippen LogP contribution in [-0.4, -0.2) is 54.5 Å². The summed E-state index contributed by atoms with van der Waals surface area (Å²) in [6, 6.07) is 6.39. The van der Waals surface area contributed by atoms with Gasteiger partial charge in [0.05, 0.1) is 5.56 Å². The Bertz CT molecular complexity index is 658. The maximum Gasteiger partial charge on any atom is 0.254 e. The normalized spacial score (nSPS) is 10.7. The highest BCUT2D eigenvalue weighted by atomic mass is 19.1. The molecule has 0 radical (unpaired) electrons. The molecule has 0 spiro atoms. The number of halogens is 1. The van der Waals surface area contributed by atoms with Crippen molar-refractivity contribution in [2.75, 3.05) is 39.0 Å². The van der Waals surface area contributed by atoms with Gasteiger partial charge in [0, 0.05) is 25.5 Å². The Kier molecular flexibility index (Phi) is 7.28. The summed E-state index contributed by atoms with van der Waals surface area (Å²) in [5.41, 5.74) is 1.47. The molecule has 0 fully saturated rings. The van der Waals surface area contributed by atoms with Crippen LogP contribution in [0.3, 0.4) is 0 Å². The summed E-state index contributed by atoms with van der Waals surface area (Å²) in [7, 11) is 3.99. The van der Waals surface area contributed by atoms with Gasteiger partial charge in [-0.05, 0) is 51.2 Å². The van der Waals surface area contributed by atoms with Gasteiger partial charge in [0.25, 0.3) is 5.91 Å². The molecule has 0 unspecified atom stereocenters. The third kappa shape index (κ3) is 6.84. The Labute approximate surface area is 147 Å². The molecule has 0 aliphatic heterocycles. The smallest absolute Gasteiger partial charge is 0.254 e. The lowest BCUT2D eigenvalue weighted by Gasteiger charge is -2.10. The van der Waals surface area contributed by atoms with E-state index in [9.17, 15) is 9.18 Å². The minimum atomic E-state index is -0.240. The number of benzene rings is 1. The van der Waals surface area contributed by atoms with Gasteiger partial charge in [0.2, 0.25) is 5.95 Å². The molecule has 2 N–H and O–H groups in total. The van der Waals surface area contributed by atoms with Crippen molar-refractivity contribution in [1.82, 2.24) is 20.2 Å². The quantitative estimate of drug-likeness (QED) is 0.680. The summed E-state index contributed by atoms with van der Waals surface area (Å²) in [5, 5.41) is 5.93. The number of amides is 1. The van der Waals surface area contributed by atoms with Gasteiger partial charge in [-0.1, -0.05) is 12.1 Å². The Hall–Kier alpha value is -2.54. The van der Waals surface area contributed by atoms with Crippen molar-refractivity contribution in [3.05, 3.63) is 53.6 Å². The number of aromatic nitrogens is 2. The number of anilines is 1. The minimum Gasteiger partial charge on any atom is -0.354 e. The third-order valence-electron chi connectivity index (χ3n) is 3.59. The average Bonchev–Trinajstić information content (AvgIpc) is 2.61. The number of carbonyl (C=O) groups excluding carboxylic acids is 1. The topological polar surface area (TPSA) is 70.2 Å². The van der Waals surface area contributed by atoms with Crippen molar-refractivity contribution in [3.8, 4) is 0 Å². The Morgan fingerprint density at radius 1 is 1.12 bits per heavy atom. The van der Waals surface area contributed by atoms with Crippen LogP contribution in [0.4, 0.5) is 10.3 Å². The standard InChI is InChI=1S/C18H24FN5O/c1-24(2)11-3-9-20-17(25)15-12-22-18(23-13-15)21-10-8-14-4-6-16(19)7-5-14/h4-7,12-13H,3,8-11H2,1-2H3,(H,20,25)(H,21,22,23). The van der Waals surface area contributed by atoms with Gasteiger partial charge in [-0.15, -0.1) is 0 Å². The molecule has 0 aliphatic carbocycles. The second-order valence-electron chi connectivity index (χ2n) is 6.01. The van der Waals surface area contributed by atoms with E-state index in [1.54, 1.807) is 12.1 Å². The zero-order chi connectivity index (χ0) is 18.1. The van der Waals surface area contributed by atoms with E-state index in [0.29, 0.717) is 24.6 Å². The number of nitrogens with one attached hydrogen (secondary N) is 2. The second kappa shape index (κ2) is 9.68. The molecule has 0 aliphatic rings. The van der Waals surface area contributed by atoms with Gasteiger partial charge >= 0.3 is 0 Å². The fourth-order valence-corrected chi connectivity index (χ4v) is 2.21. The summed E-state index contributed by atoms with van der Waals surface area (Å²) in [6.45, 7) is 2.17. The number of hydrogen-bond donors (Lipinski definition) is 2. The van der Waals surface area contributed by atoms with Crippen molar-refractivity contribution in [2.45, 2.75) is 12.8 Å². The van der Waals surface area contributed by atoms with Crippen LogP contribution in [0.2, 0.25) is 0 Å². The Morgan fingerprint density at radius 2 is 1.80 bits per heavy atom. The predicted octanol–water partition coefficient (Wildman–Crippen LogP) is 1.95. The first-order valence-electron chi connectivity index (χ1n) is 8.28. The van der Waals surface area contributed by atoms with Crippen molar-refractivity contribution in [2.24, 2.45) is 0 Å². The van der Waals surface area contributed by atoms with E-state index in [0.717, 1.165) is 24.9 Å². The van der Waals surface area contributed by atoms with Crippen molar-refractivity contribution >= 4 is 11.9 Å². The SMILES string of the molecule is CN(C)CCCNC(=O)c1cnc(NCCc2ccc(F)cc2)nc1. The molecule has 2 rings (SSSR count). The second-order valence-corrected chi connectivity index (χ2v) is 6.01. The molecule has 1 aromatic heterocycles. The molecule has 1 aromatic carbocycles. The molecule has 0 bridgehead atoms. The highest BCUT2D eigenvalue weighted by Gasteiger charge is 2.06. The lowest BCUT2D eigenvalue weighted by molar-refractivity contribution is 0.0951. The van der Waals surface area contributed by atoms with Crippen LogP contribution in [0, 0.1) is 5.82 Å². The zero-order valence-electron chi connectivity index (χ0n) is 14.6. The lowest BCUT2D eigenvalue weighted by Crippen LogP contribution is -2.27. The largest absolute Gasteiger partial charge is 0.354 e. The van der Waals surface area contributed by atoms with E-state index in [1.165, 1.54) is 24.5 Å². The van der Waals surface area contributed by atoms with Crippen LogP contribution in [-0.2, 0) is 6.42 Å². The molecular weight excluding hydrogens is 321 g/mol. The number of nitrogens with zero attached hydrogens (tertiary/aromatic N) is 3. The van der Waals surface area contributed by atoms with Gasteiger partial charge < -0.3 is 15.5 Å². The molecular formula is C18H24FN5O. The van der Waals surface area contributed by atoms with Crippen LogP contribution in [0.15, 0.2) is 36.7 Å². The van der Waals surface area contributed by atoms with Crippen LogP contribution < -0.4 is 10.6 Å². The molecule has 7 heteroatoms. The van der Waals surface area contributed by atoms with E-state index in [4.69, 9.17) is 0 Å². The molecule has 6 nitrogen and oxygen atoms in total. The summed E-state index contributed by atoms with van der Waals surface area (Å²) < 4.78 is 12.8. The molecule has 1 amide bonds.